The second-order valence-electron chi connectivity index (χ2n) is 5.23. The fourth-order valence-electron chi connectivity index (χ4n) is 2.41. The quantitative estimate of drug-likeness (QED) is 0.742. The molecule has 1 aliphatic carbocycles. The van der Waals surface area contributed by atoms with E-state index < -0.39 is 9.84 Å². The standard InChI is InChI=1S/C12H20N2O4S/c1-2-14(10-5-6-19(17,18)8-10)11(15)7-13-12(16)9-3-4-9/h9-10H,2-8H2,1H3,(H,13,16). The van der Waals surface area contributed by atoms with Crippen LogP contribution in [0.2, 0.25) is 0 Å². The Morgan fingerprint density at radius 1 is 1.26 bits per heavy atom. The lowest BCUT2D eigenvalue weighted by atomic mass is 10.2. The minimum absolute atomic E-state index is 0.0281. The number of likely N-dealkylation sites (N-methyl/N-ethyl adjacent to an activating group) is 1. The Balaban J connectivity index is 1.86. The summed E-state index contributed by atoms with van der Waals surface area (Å²) < 4.78 is 22.9. The predicted molar refractivity (Wildman–Crippen MR) is 70.2 cm³/mol. The molecule has 1 heterocycles. The summed E-state index contributed by atoms with van der Waals surface area (Å²) >= 11 is 0. The number of amides is 2. The van der Waals surface area contributed by atoms with E-state index in [1.165, 1.54) is 0 Å². The van der Waals surface area contributed by atoms with E-state index in [0.717, 1.165) is 12.8 Å². The van der Waals surface area contributed by atoms with E-state index in [2.05, 4.69) is 5.32 Å². The van der Waals surface area contributed by atoms with Crippen LogP contribution in [0.25, 0.3) is 0 Å². The second kappa shape index (κ2) is 5.48. The van der Waals surface area contributed by atoms with Crippen LogP contribution in [0.3, 0.4) is 0 Å². The highest BCUT2D eigenvalue weighted by molar-refractivity contribution is 7.91. The molecule has 108 valence electrons. The Labute approximate surface area is 113 Å². The molecule has 0 aromatic carbocycles. The average Bonchev–Trinajstić information content (AvgIpc) is 3.13. The minimum atomic E-state index is -3.00. The highest BCUT2D eigenvalue weighted by Gasteiger charge is 2.34. The summed E-state index contributed by atoms with van der Waals surface area (Å²) in [6.45, 7) is 2.27. The van der Waals surface area contributed by atoms with Gasteiger partial charge in [-0.3, -0.25) is 9.59 Å². The number of nitrogens with zero attached hydrogens (tertiary/aromatic N) is 1. The van der Waals surface area contributed by atoms with E-state index in [9.17, 15) is 18.0 Å². The summed E-state index contributed by atoms with van der Waals surface area (Å²) in [5.41, 5.74) is 0. The highest BCUT2D eigenvalue weighted by atomic mass is 32.2. The molecule has 0 bridgehead atoms. The molecule has 6 nitrogen and oxygen atoms in total. The van der Waals surface area contributed by atoms with E-state index >= 15 is 0 Å². The lowest BCUT2D eigenvalue weighted by Crippen LogP contribution is -2.46. The first-order valence-electron chi connectivity index (χ1n) is 6.70. The van der Waals surface area contributed by atoms with Crippen molar-refractivity contribution in [3.63, 3.8) is 0 Å². The highest BCUT2D eigenvalue weighted by Crippen LogP contribution is 2.28. The van der Waals surface area contributed by atoms with E-state index in [-0.39, 0.29) is 41.8 Å². The molecule has 2 amide bonds. The molecular formula is C12H20N2O4S. The van der Waals surface area contributed by atoms with Crippen LogP contribution in [0, 0.1) is 5.92 Å². The summed E-state index contributed by atoms with van der Waals surface area (Å²) in [6, 6.07) is -0.236. The molecule has 0 aromatic heterocycles. The molecule has 0 radical (unpaired) electrons. The van der Waals surface area contributed by atoms with Gasteiger partial charge in [0.25, 0.3) is 0 Å². The zero-order chi connectivity index (χ0) is 14.0. The molecule has 2 rings (SSSR count). The van der Waals surface area contributed by atoms with Crippen molar-refractivity contribution in [3.8, 4) is 0 Å². The monoisotopic (exact) mass is 288 g/mol. The van der Waals surface area contributed by atoms with Crippen molar-refractivity contribution < 1.29 is 18.0 Å². The summed E-state index contributed by atoms with van der Waals surface area (Å²) in [5.74, 6) is 0.00995. The molecule has 1 saturated carbocycles. The van der Waals surface area contributed by atoms with Crippen molar-refractivity contribution in [2.75, 3.05) is 24.6 Å². The summed E-state index contributed by atoms with van der Waals surface area (Å²) in [4.78, 5) is 25.1. The van der Waals surface area contributed by atoms with Crippen LogP contribution in [0.15, 0.2) is 0 Å². The van der Waals surface area contributed by atoms with Crippen LogP contribution in [-0.4, -0.2) is 55.8 Å². The number of nitrogens with one attached hydrogen (secondary N) is 1. The lowest BCUT2D eigenvalue weighted by Gasteiger charge is -2.27. The van der Waals surface area contributed by atoms with Crippen molar-refractivity contribution in [2.45, 2.75) is 32.2 Å². The molecule has 2 fully saturated rings. The van der Waals surface area contributed by atoms with Gasteiger partial charge in [0.1, 0.15) is 0 Å². The maximum Gasteiger partial charge on any atom is 0.242 e. The number of carbonyl (C=O) groups excluding carboxylic acids is 2. The molecule has 1 atom stereocenters. The number of hydrogen-bond donors (Lipinski definition) is 1. The van der Waals surface area contributed by atoms with Gasteiger partial charge >= 0.3 is 0 Å². The normalized spacial score (nSPS) is 25.0. The number of sulfone groups is 1. The summed E-state index contributed by atoms with van der Waals surface area (Å²) in [7, 11) is -3.00. The van der Waals surface area contributed by atoms with Gasteiger partial charge in [0.2, 0.25) is 11.8 Å². The molecule has 1 saturated heterocycles. The van der Waals surface area contributed by atoms with E-state index in [1.54, 1.807) is 4.90 Å². The lowest BCUT2D eigenvalue weighted by molar-refractivity contribution is -0.134. The number of rotatable bonds is 5. The van der Waals surface area contributed by atoms with Crippen LogP contribution in [0.4, 0.5) is 0 Å². The Kier molecular flexibility index (Phi) is 4.13. The SMILES string of the molecule is CCN(C(=O)CNC(=O)C1CC1)C1CCS(=O)(=O)C1. The maximum absolute atomic E-state index is 12.0. The number of carbonyl (C=O) groups is 2. The minimum Gasteiger partial charge on any atom is -0.347 e. The first kappa shape index (κ1) is 14.3. The zero-order valence-corrected chi connectivity index (χ0v) is 11.9. The van der Waals surface area contributed by atoms with Gasteiger partial charge in [-0.05, 0) is 26.2 Å². The van der Waals surface area contributed by atoms with Crippen LogP contribution < -0.4 is 5.32 Å². The summed E-state index contributed by atoms with van der Waals surface area (Å²) in [5, 5.41) is 2.62. The van der Waals surface area contributed by atoms with Crippen molar-refractivity contribution in [2.24, 2.45) is 5.92 Å². The van der Waals surface area contributed by atoms with Crippen LogP contribution >= 0.6 is 0 Å². The number of hydrogen-bond acceptors (Lipinski definition) is 4. The predicted octanol–water partition coefficient (Wildman–Crippen LogP) is -0.452. The zero-order valence-electron chi connectivity index (χ0n) is 11.1. The first-order valence-corrected chi connectivity index (χ1v) is 8.52. The third-order valence-electron chi connectivity index (χ3n) is 3.67. The smallest absolute Gasteiger partial charge is 0.242 e. The van der Waals surface area contributed by atoms with Gasteiger partial charge < -0.3 is 10.2 Å². The first-order chi connectivity index (χ1) is 8.93. The van der Waals surface area contributed by atoms with E-state index in [0.29, 0.717) is 13.0 Å². The second-order valence-corrected chi connectivity index (χ2v) is 7.46. The third kappa shape index (κ3) is 3.68. The van der Waals surface area contributed by atoms with Crippen molar-refractivity contribution in [1.29, 1.82) is 0 Å². The van der Waals surface area contributed by atoms with E-state index in [4.69, 9.17) is 0 Å². The fraction of sp³-hybridized carbons (Fsp3) is 0.833. The van der Waals surface area contributed by atoms with Crippen LogP contribution in [-0.2, 0) is 19.4 Å². The Bertz CT molecular complexity index is 470. The van der Waals surface area contributed by atoms with Crippen LogP contribution in [0.1, 0.15) is 26.2 Å². The molecule has 7 heteroatoms. The molecular weight excluding hydrogens is 268 g/mol. The van der Waals surface area contributed by atoms with Crippen molar-refractivity contribution in [1.82, 2.24) is 10.2 Å². The Morgan fingerprint density at radius 2 is 1.95 bits per heavy atom. The van der Waals surface area contributed by atoms with Gasteiger partial charge in [-0.2, -0.15) is 0 Å². The summed E-state index contributed by atoms with van der Waals surface area (Å²) in [6.07, 6.45) is 2.30. The van der Waals surface area contributed by atoms with Gasteiger partial charge in [0, 0.05) is 18.5 Å². The van der Waals surface area contributed by atoms with Gasteiger partial charge in [-0.25, -0.2) is 8.42 Å². The van der Waals surface area contributed by atoms with Crippen molar-refractivity contribution in [3.05, 3.63) is 0 Å². The maximum atomic E-state index is 12.0. The largest absolute Gasteiger partial charge is 0.347 e. The van der Waals surface area contributed by atoms with Gasteiger partial charge in [0.15, 0.2) is 9.84 Å². The van der Waals surface area contributed by atoms with E-state index in [1.807, 2.05) is 6.92 Å². The molecule has 1 N–H and O–H groups in total. The molecule has 1 aliphatic heterocycles. The van der Waals surface area contributed by atoms with Crippen molar-refractivity contribution >= 4 is 21.7 Å². The van der Waals surface area contributed by atoms with Crippen LogP contribution in [0.5, 0.6) is 0 Å². The molecule has 0 spiro atoms. The third-order valence-corrected chi connectivity index (χ3v) is 5.42. The molecule has 1 unspecified atom stereocenters. The molecule has 0 aromatic rings. The molecule has 19 heavy (non-hydrogen) atoms. The fourth-order valence-corrected chi connectivity index (χ4v) is 4.14. The average molecular weight is 288 g/mol. The van der Waals surface area contributed by atoms with Gasteiger partial charge in [-0.15, -0.1) is 0 Å². The van der Waals surface area contributed by atoms with Gasteiger partial charge in [0.05, 0.1) is 18.1 Å². The van der Waals surface area contributed by atoms with Gasteiger partial charge in [-0.1, -0.05) is 0 Å². The topological polar surface area (TPSA) is 83.6 Å². The molecule has 2 aliphatic rings. The Morgan fingerprint density at radius 3 is 2.42 bits per heavy atom. The Hall–Kier alpha value is -1.11.